The fourth-order valence-corrected chi connectivity index (χ4v) is 2.12. The van der Waals surface area contributed by atoms with Gasteiger partial charge in [-0.2, -0.15) is 0 Å². The summed E-state index contributed by atoms with van der Waals surface area (Å²) in [4.78, 5) is 13.1. The van der Waals surface area contributed by atoms with Crippen LogP contribution >= 0.6 is 0 Å². The standard InChI is InChI=1S/C11H20N2O2/c1-11(7-15-8-11)6-12-9-3-4-10(14)13(2)5-9/h9,12H,3-8H2,1-2H3. The third kappa shape index (κ3) is 2.49. The van der Waals surface area contributed by atoms with E-state index in [-0.39, 0.29) is 5.91 Å². The number of carbonyl (C=O) groups is 1. The van der Waals surface area contributed by atoms with Crippen LogP contribution in [0.2, 0.25) is 0 Å². The molecule has 0 bridgehead atoms. The van der Waals surface area contributed by atoms with E-state index >= 15 is 0 Å². The summed E-state index contributed by atoms with van der Waals surface area (Å²) >= 11 is 0. The highest BCUT2D eigenvalue weighted by molar-refractivity contribution is 5.76. The number of likely N-dealkylation sites (N-methyl/N-ethyl adjacent to an activating group) is 1. The quantitative estimate of drug-likeness (QED) is 0.728. The molecule has 4 nitrogen and oxygen atoms in total. The summed E-state index contributed by atoms with van der Waals surface area (Å²) in [5, 5.41) is 3.54. The van der Waals surface area contributed by atoms with Crippen molar-refractivity contribution in [2.24, 2.45) is 5.41 Å². The van der Waals surface area contributed by atoms with Crippen molar-refractivity contribution in [3.05, 3.63) is 0 Å². The molecule has 2 fully saturated rings. The summed E-state index contributed by atoms with van der Waals surface area (Å²) in [7, 11) is 1.88. The van der Waals surface area contributed by atoms with Gasteiger partial charge in [0, 0.05) is 38.0 Å². The minimum absolute atomic E-state index is 0.270. The van der Waals surface area contributed by atoms with Crippen LogP contribution in [0.1, 0.15) is 19.8 Å². The van der Waals surface area contributed by atoms with Crippen molar-refractivity contribution >= 4 is 5.91 Å². The Labute approximate surface area is 91.0 Å². The fourth-order valence-electron chi connectivity index (χ4n) is 2.12. The molecule has 15 heavy (non-hydrogen) atoms. The van der Waals surface area contributed by atoms with Gasteiger partial charge < -0.3 is 15.0 Å². The second-order valence-electron chi connectivity index (χ2n) is 5.19. The van der Waals surface area contributed by atoms with Crippen molar-refractivity contribution in [3.63, 3.8) is 0 Å². The number of carbonyl (C=O) groups excluding carboxylic acids is 1. The molecule has 0 aromatic carbocycles. The van der Waals surface area contributed by atoms with E-state index in [9.17, 15) is 4.79 Å². The molecule has 0 aromatic rings. The Balaban J connectivity index is 1.73. The highest BCUT2D eigenvalue weighted by Gasteiger charge is 2.34. The number of nitrogens with zero attached hydrogens (tertiary/aromatic N) is 1. The molecule has 0 saturated carbocycles. The minimum atomic E-state index is 0.270. The topological polar surface area (TPSA) is 41.6 Å². The molecule has 2 aliphatic heterocycles. The van der Waals surface area contributed by atoms with Crippen LogP contribution in [-0.2, 0) is 9.53 Å². The zero-order chi connectivity index (χ0) is 10.9. The highest BCUT2D eigenvalue weighted by atomic mass is 16.5. The predicted octanol–water partition coefficient (Wildman–Crippen LogP) is 0.233. The molecule has 86 valence electrons. The van der Waals surface area contributed by atoms with Crippen molar-refractivity contribution in [2.75, 3.05) is 33.4 Å². The maximum Gasteiger partial charge on any atom is 0.222 e. The number of ether oxygens (including phenoxy) is 1. The summed E-state index contributed by atoms with van der Waals surface area (Å²) in [6.45, 7) is 5.81. The van der Waals surface area contributed by atoms with Crippen molar-refractivity contribution in [3.8, 4) is 0 Å². The van der Waals surface area contributed by atoms with Crippen LogP contribution in [0.25, 0.3) is 0 Å². The van der Waals surface area contributed by atoms with Gasteiger partial charge in [-0.1, -0.05) is 6.92 Å². The lowest BCUT2D eigenvalue weighted by molar-refractivity contribution is -0.133. The van der Waals surface area contributed by atoms with Crippen molar-refractivity contribution in [1.29, 1.82) is 0 Å². The van der Waals surface area contributed by atoms with Gasteiger partial charge in [-0.25, -0.2) is 0 Å². The predicted molar refractivity (Wildman–Crippen MR) is 57.6 cm³/mol. The summed E-state index contributed by atoms with van der Waals surface area (Å²) < 4.78 is 5.21. The number of hydrogen-bond acceptors (Lipinski definition) is 3. The molecule has 1 N–H and O–H groups in total. The molecule has 4 heteroatoms. The average molecular weight is 212 g/mol. The van der Waals surface area contributed by atoms with Crippen LogP contribution in [-0.4, -0.2) is 50.2 Å². The molecule has 0 aromatic heterocycles. The van der Waals surface area contributed by atoms with Crippen LogP contribution in [0.3, 0.4) is 0 Å². The number of piperidine rings is 1. The molecular weight excluding hydrogens is 192 g/mol. The Morgan fingerprint density at radius 3 is 2.87 bits per heavy atom. The third-order valence-corrected chi connectivity index (χ3v) is 3.35. The first-order chi connectivity index (χ1) is 7.09. The maximum atomic E-state index is 11.3. The molecule has 1 unspecified atom stereocenters. The largest absolute Gasteiger partial charge is 0.380 e. The van der Waals surface area contributed by atoms with Gasteiger partial charge in [-0.15, -0.1) is 0 Å². The van der Waals surface area contributed by atoms with Gasteiger partial charge in [0.15, 0.2) is 0 Å². The zero-order valence-electron chi connectivity index (χ0n) is 9.58. The number of amides is 1. The molecule has 2 rings (SSSR count). The SMILES string of the molecule is CN1CC(NCC2(C)COC2)CCC1=O. The Morgan fingerprint density at radius 2 is 2.33 bits per heavy atom. The number of likely N-dealkylation sites (tertiary alicyclic amines) is 1. The van der Waals surface area contributed by atoms with Crippen molar-refractivity contribution in [2.45, 2.75) is 25.8 Å². The minimum Gasteiger partial charge on any atom is -0.380 e. The number of rotatable bonds is 3. The van der Waals surface area contributed by atoms with Crippen LogP contribution in [0.4, 0.5) is 0 Å². The van der Waals surface area contributed by atoms with Crippen molar-refractivity contribution < 1.29 is 9.53 Å². The lowest BCUT2D eigenvalue weighted by atomic mass is 9.88. The van der Waals surface area contributed by atoms with Crippen LogP contribution in [0.5, 0.6) is 0 Å². The molecule has 0 radical (unpaired) electrons. The lowest BCUT2D eigenvalue weighted by Crippen LogP contribution is -2.53. The highest BCUT2D eigenvalue weighted by Crippen LogP contribution is 2.25. The molecule has 1 amide bonds. The Bertz CT molecular complexity index is 251. The molecule has 0 spiro atoms. The third-order valence-electron chi connectivity index (χ3n) is 3.35. The summed E-state index contributed by atoms with van der Waals surface area (Å²) in [6, 6.07) is 0.463. The van der Waals surface area contributed by atoms with E-state index in [1.165, 1.54) is 0 Å². The first kappa shape index (κ1) is 10.9. The van der Waals surface area contributed by atoms with E-state index in [4.69, 9.17) is 4.74 Å². The zero-order valence-corrected chi connectivity index (χ0v) is 9.58. The number of hydrogen-bond donors (Lipinski definition) is 1. The smallest absolute Gasteiger partial charge is 0.222 e. The van der Waals surface area contributed by atoms with E-state index < -0.39 is 0 Å². The van der Waals surface area contributed by atoms with Gasteiger partial charge in [-0.05, 0) is 6.42 Å². The van der Waals surface area contributed by atoms with Crippen LogP contribution in [0.15, 0.2) is 0 Å². The van der Waals surface area contributed by atoms with Gasteiger partial charge >= 0.3 is 0 Å². The second kappa shape index (κ2) is 4.10. The molecule has 1 atom stereocenters. The van der Waals surface area contributed by atoms with Gasteiger partial charge in [0.05, 0.1) is 13.2 Å². The first-order valence-electron chi connectivity index (χ1n) is 5.64. The Morgan fingerprint density at radius 1 is 1.60 bits per heavy atom. The van der Waals surface area contributed by atoms with E-state index in [1.807, 2.05) is 11.9 Å². The average Bonchev–Trinajstić information content (AvgIpc) is 2.17. The lowest BCUT2D eigenvalue weighted by Gasteiger charge is -2.40. The summed E-state index contributed by atoms with van der Waals surface area (Å²) in [6.07, 6.45) is 1.65. The maximum absolute atomic E-state index is 11.3. The van der Waals surface area contributed by atoms with E-state index in [0.29, 0.717) is 17.9 Å². The molecule has 2 aliphatic rings. The first-order valence-corrected chi connectivity index (χ1v) is 5.64. The Kier molecular flexibility index (Phi) is 2.98. The van der Waals surface area contributed by atoms with Crippen LogP contribution in [0, 0.1) is 5.41 Å². The molecular formula is C11H20N2O2. The molecule has 2 heterocycles. The molecule has 2 saturated heterocycles. The van der Waals surface area contributed by atoms with Crippen molar-refractivity contribution in [1.82, 2.24) is 10.2 Å². The summed E-state index contributed by atoms with van der Waals surface area (Å²) in [5.41, 5.74) is 0.319. The summed E-state index contributed by atoms with van der Waals surface area (Å²) in [5.74, 6) is 0.270. The fraction of sp³-hybridized carbons (Fsp3) is 0.909. The van der Waals surface area contributed by atoms with E-state index in [0.717, 1.165) is 32.7 Å². The van der Waals surface area contributed by atoms with E-state index in [2.05, 4.69) is 12.2 Å². The number of nitrogens with one attached hydrogen (secondary N) is 1. The van der Waals surface area contributed by atoms with Gasteiger partial charge in [0.2, 0.25) is 5.91 Å². The van der Waals surface area contributed by atoms with Gasteiger partial charge in [0.25, 0.3) is 0 Å². The van der Waals surface area contributed by atoms with Crippen LogP contribution < -0.4 is 5.32 Å². The van der Waals surface area contributed by atoms with Gasteiger partial charge in [-0.3, -0.25) is 4.79 Å². The Hall–Kier alpha value is -0.610. The monoisotopic (exact) mass is 212 g/mol. The van der Waals surface area contributed by atoms with Gasteiger partial charge in [0.1, 0.15) is 0 Å². The molecule has 0 aliphatic carbocycles. The van der Waals surface area contributed by atoms with E-state index in [1.54, 1.807) is 0 Å². The normalized spacial score (nSPS) is 30.1. The second-order valence-corrected chi connectivity index (χ2v) is 5.19.